The van der Waals surface area contributed by atoms with E-state index in [0.29, 0.717) is 29.2 Å². The van der Waals surface area contributed by atoms with Gasteiger partial charge in [0.15, 0.2) is 6.61 Å². The fourth-order valence-electron chi connectivity index (χ4n) is 3.47. The second kappa shape index (κ2) is 10.7. The van der Waals surface area contributed by atoms with Crippen LogP contribution in [-0.4, -0.2) is 47.2 Å². The third-order valence-corrected chi connectivity index (χ3v) is 5.49. The van der Waals surface area contributed by atoms with Crippen LogP contribution in [0.2, 0.25) is 0 Å². The fraction of sp³-hybridized carbons (Fsp3) is 0.179. The molecule has 0 bridgehead atoms. The fourth-order valence-corrected chi connectivity index (χ4v) is 3.47. The van der Waals surface area contributed by atoms with Gasteiger partial charge in [-0.05, 0) is 36.8 Å². The monoisotopic (exact) mass is 468 g/mol. The molecule has 0 unspecified atom stereocenters. The number of nitrogens with one attached hydrogen (secondary N) is 1. The van der Waals surface area contributed by atoms with Crippen molar-refractivity contribution in [3.8, 4) is 17.0 Å². The lowest BCUT2D eigenvalue weighted by Crippen LogP contribution is -2.27. The summed E-state index contributed by atoms with van der Waals surface area (Å²) in [6.45, 7) is 2.54. The van der Waals surface area contributed by atoms with E-state index < -0.39 is 0 Å². The van der Waals surface area contributed by atoms with Crippen molar-refractivity contribution in [2.75, 3.05) is 26.0 Å². The third-order valence-electron chi connectivity index (χ3n) is 5.49. The lowest BCUT2D eigenvalue weighted by molar-refractivity contribution is -0.130. The standard InChI is InChI=1S/C28H28N4O3/c1-20-9-11-22(12-10-20)27-25(18-32(30-27)17-21-7-5-4-6-8-21)28(34)29-23-13-15-24(16-14-23)35-19-26(33)31(2)3/h4-16,18H,17,19H2,1-3H3,(H,29,34). The molecule has 1 aromatic heterocycles. The maximum absolute atomic E-state index is 13.3. The highest BCUT2D eigenvalue weighted by Gasteiger charge is 2.18. The van der Waals surface area contributed by atoms with Gasteiger partial charge in [0.25, 0.3) is 11.8 Å². The summed E-state index contributed by atoms with van der Waals surface area (Å²) >= 11 is 0. The molecule has 35 heavy (non-hydrogen) atoms. The van der Waals surface area contributed by atoms with E-state index in [-0.39, 0.29) is 18.4 Å². The Balaban J connectivity index is 1.53. The Morgan fingerprint density at radius 1 is 0.943 bits per heavy atom. The molecule has 0 radical (unpaired) electrons. The maximum Gasteiger partial charge on any atom is 0.259 e. The molecule has 0 spiro atoms. The highest BCUT2D eigenvalue weighted by atomic mass is 16.5. The summed E-state index contributed by atoms with van der Waals surface area (Å²) in [7, 11) is 3.36. The second-order valence-corrected chi connectivity index (χ2v) is 8.50. The molecule has 7 heteroatoms. The van der Waals surface area contributed by atoms with Gasteiger partial charge in [-0.15, -0.1) is 0 Å². The molecule has 4 aromatic rings. The van der Waals surface area contributed by atoms with Crippen LogP contribution in [-0.2, 0) is 11.3 Å². The maximum atomic E-state index is 13.3. The van der Waals surface area contributed by atoms with Crippen molar-refractivity contribution in [3.63, 3.8) is 0 Å². The van der Waals surface area contributed by atoms with Gasteiger partial charge >= 0.3 is 0 Å². The van der Waals surface area contributed by atoms with Crippen LogP contribution in [0, 0.1) is 6.92 Å². The number of aryl methyl sites for hydroxylation is 1. The van der Waals surface area contributed by atoms with Crippen molar-refractivity contribution in [2.24, 2.45) is 0 Å². The van der Waals surface area contributed by atoms with Gasteiger partial charge in [0.2, 0.25) is 0 Å². The molecular weight excluding hydrogens is 440 g/mol. The molecule has 7 nitrogen and oxygen atoms in total. The Morgan fingerprint density at radius 2 is 1.63 bits per heavy atom. The molecule has 178 valence electrons. The molecule has 0 saturated heterocycles. The average Bonchev–Trinajstić information content (AvgIpc) is 3.28. The summed E-state index contributed by atoms with van der Waals surface area (Å²) in [5.41, 5.74) is 4.84. The molecule has 4 rings (SSSR count). The van der Waals surface area contributed by atoms with Crippen LogP contribution >= 0.6 is 0 Å². The van der Waals surface area contributed by atoms with E-state index in [1.54, 1.807) is 49.2 Å². The van der Waals surface area contributed by atoms with Crippen LogP contribution in [0.25, 0.3) is 11.3 Å². The normalized spacial score (nSPS) is 10.6. The molecule has 0 aliphatic rings. The van der Waals surface area contributed by atoms with Crippen molar-refractivity contribution >= 4 is 17.5 Å². The van der Waals surface area contributed by atoms with Gasteiger partial charge in [-0.25, -0.2) is 0 Å². The van der Waals surface area contributed by atoms with Gasteiger partial charge in [-0.1, -0.05) is 60.2 Å². The van der Waals surface area contributed by atoms with Gasteiger partial charge in [-0.2, -0.15) is 5.10 Å². The van der Waals surface area contributed by atoms with E-state index in [1.165, 1.54) is 4.90 Å². The van der Waals surface area contributed by atoms with Crippen molar-refractivity contribution in [2.45, 2.75) is 13.5 Å². The SMILES string of the molecule is Cc1ccc(-c2nn(Cc3ccccc3)cc2C(=O)Nc2ccc(OCC(=O)N(C)C)cc2)cc1. The topological polar surface area (TPSA) is 76.5 Å². The molecule has 0 fully saturated rings. The number of amides is 2. The number of rotatable bonds is 8. The Morgan fingerprint density at radius 3 is 2.29 bits per heavy atom. The summed E-state index contributed by atoms with van der Waals surface area (Å²) in [5.74, 6) is 0.170. The van der Waals surface area contributed by atoms with Crippen molar-refractivity contribution in [3.05, 3.63) is 102 Å². The second-order valence-electron chi connectivity index (χ2n) is 8.50. The molecule has 1 N–H and O–H groups in total. The van der Waals surface area contributed by atoms with Crippen molar-refractivity contribution in [1.82, 2.24) is 14.7 Å². The van der Waals surface area contributed by atoms with Gasteiger partial charge in [0.1, 0.15) is 11.4 Å². The van der Waals surface area contributed by atoms with E-state index in [4.69, 9.17) is 9.84 Å². The van der Waals surface area contributed by atoms with Crippen LogP contribution in [0.3, 0.4) is 0 Å². The van der Waals surface area contributed by atoms with Crippen molar-refractivity contribution < 1.29 is 14.3 Å². The van der Waals surface area contributed by atoms with Crippen LogP contribution in [0.5, 0.6) is 5.75 Å². The lowest BCUT2D eigenvalue weighted by Gasteiger charge is -2.11. The third kappa shape index (κ3) is 6.14. The Hall–Kier alpha value is -4.39. The van der Waals surface area contributed by atoms with Crippen LogP contribution in [0.1, 0.15) is 21.5 Å². The zero-order valence-electron chi connectivity index (χ0n) is 20.1. The van der Waals surface area contributed by atoms with Crippen LogP contribution < -0.4 is 10.1 Å². The van der Waals surface area contributed by atoms with Gasteiger partial charge in [-0.3, -0.25) is 14.3 Å². The highest BCUT2D eigenvalue weighted by molar-refractivity contribution is 6.08. The molecule has 3 aromatic carbocycles. The minimum Gasteiger partial charge on any atom is -0.484 e. The number of likely N-dealkylation sites (N-methyl/N-ethyl adjacent to an activating group) is 1. The molecule has 0 saturated carbocycles. The van der Waals surface area contributed by atoms with Crippen LogP contribution in [0.15, 0.2) is 85.1 Å². The lowest BCUT2D eigenvalue weighted by atomic mass is 10.1. The number of hydrogen-bond acceptors (Lipinski definition) is 4. The number of ether oxygens (including phenoxy) is 1. The number of hydrogen-bond donors (Lipinski definition) is 1. The number of nitrogens with zero attached hydrogens (tertiary/aromatic N) is 3. The zero-order valence-corrected chi connectivity index (χ0v) is 20.1. The van der Waals surface area contributed by atoms with Crippen molar-refractivity contribution in [1.29, 1.82) is 0 Å². The zero-order chi connectivity index (χ0) is 24.8. The van der Waals surface area contributed by atoms with Gasteiger partial charge in [0, 0.05) is 31.5 Å². The molecule has 0 atom stereocenters. The molecule has 0 aliphatic heterocycles. The van der Waals surface area contributed by atoms with E-state index in [1.807, 2.05) is 61.5 Å². The minimum atomic E-state index is -0.253. The molecule has 0 aliphatic carbocycles. The summed E-state index contributed by atoms with van der Waals surface area (Å²) in [4.78, 5) is 26.4. The quantitative estimate of drug-likeness (QED) is 0.409. The molecule has 1 heterocycles. The smallest absolute Gasteiger partial charge is 0.259 e. The summed E-state index contributed by atoms with van der Waals surface area (Å²) in [5, 5.41) is 7.68. The first kappa shape index (κ1) is 23.8. The van der Waals surface area contributed by atoms with E-state index >= 15 is 0 Å². The molecular formula is C28H28N4O3. The molecule has 2 amide bonds. The van der Waals surface area contributed by atoms with E-state index in [2.05, 4.69) is 5.32 Å². The summed E-state index contributed by atoms with van der Waals surface area (Å²) in [6.07, 6.45) is 1.78. The predicted molar refractivity (Wildman–Crippen MR) is 137 cm³/mol. The number of benzene rings is 3. The van der Waals surface area contributed by atoms with E-state index in [9.17, 15) is 9.59 Å². The average molecular weight is 469 g/mol. The number of carbonyl (C=O) groups excluding carboxylic acids is 2. The highest BCUT2D eigenvalue weighted by Crippen LogP contribution is 2.25. The first-order valence-electron chi connectivity index (χ1n) is 11.3. The van der Waals surface area contributed by atoms with Gasteiger partial charge < -0.3 is 15.0 Å². The van der Waals surface area contributed by atoms with Gasteiger partial charge in [0.05, 0.1) is 12.1 Å². The Bertz CT molecular complexity index is 1290. The minimum absolute atomic E-state index is 0.0424. The first-order chi connectivity index (χ1) is 16.9. The largest absolute Gasteiger partial charge is 0.484 e. The van der Waals surface area contributed by atoms with Crippen LogP contribution in [0.4, 0.5) is 5.69 Å². The number of anilines is 1. The Kier molecular flexibility index (Phi) is 7.26. The number of carbonyl (C=O) groups is 2. The Labute approximate surface area is 205 Å². The van der Waals surface area contributed by atoms with E-state index in [0.717, 1.165) is 16.7 Å². The summed E-state index contributed by atoms with van der Waals surface area (Å²) in [6, 6.07) is 24.9. The first-order valence-corrected chi connectivity index (χ1v) is 11.3. The number of aromatic nitrogens is 2. The summed E-state index contributed by atoms with van der Waals surface area (Å²) < 4.78 is 7.29. The predicted octanol–water partition coefficient (Wildman–Crippen LogP) is 4.63.